The molecule has 0 spiro atoms. The summed E-state index contributed by atoms with van der Waals surface area (Å²) in [5.41, 5.74) is 3.57. The van der Waals surface area contributed by atoms with E-state index >= 15 is 0 Å². The maximum absolute atomic E-state index is 12.4. The highest BCUT2D eigenvalue weighted by Crippen LogP contribution is 2.48. The third-order valence-corrected chi connectivity index (χ3v) is 13.2. The van der Waals surface area contributed by atoms with Crippen molar-refractivity contribution in [3.8, 4) is 22.5 Å². The number of halogens is 5. The van der Waals surface area contributed by atoms with Gasteiger partial charge in [-0.05, 0) is 130 Å². The number of nitrogens with zero attached hydrogens (tertiary/aromatic N) is 4. The molecule has 0 radical (unpaired) electrons. The third-order valence-electron chi connectivity index (χ3n) is 11.7. The van der Waals surface area contributed by atoms with E-state index in [1.165, 1.54) is 0 Å². The molecule has 0 saturated heterocycles. The molecule has 1 N–H and O–H groups in total. The first-order chi connectivity index (χ1) is 30.6. The molecule has 0 aliphatic heterocycles. The van der Waals surface area contributed by atoms with Crippen LogP contribution in [0.4, 0.5) is 9.59 Å². The van der Waals surface area contributed by atoms with Crippen molar-refractivity contribution in [2.45, 2.75) is 166 Å². The van der Waals surface area contributed by atoms with E-state index in [0.29, 0.717) is 73.3 Å². The second-order valence-corrected chi connectivity index (χ2v) is 21.2. The number of amides is 2. The van der Waals surface area contributed by atoms with Crippen LogP contribution < -0.4 is 0 Å². The Bertz CT molecular complexity index is 2220. The van der Waals surface area contributed by atoms with E-state index in [1.54, 1.807) is 54.2 Å². The smallest absolute Gasteiger partial charge is 0.410 e. The standard InChI is InChI=1S/C24H30Cl2N2O4.C13H10Cl3NO.C11H21NO3/c1-24(2,3)31-23(29)28(4)15-10-11-16(12-15)30-13-17-21(27-32-22(17)14-8-9-14)20-18(25)6-5-7-19(20)26;14-6-8-12(17-18-13(8)7-4-5-7)11-9(15)2-1-3-10(11)16;1-11(2,3)15-10(14)12(4)8-5-6-9(13)7-8/h5-7,14-16H,8-13H2,1-4H3;1-3,7H,4-6H2;8-9,13H,5-7H2,1-4H3/t15-,16+;;8-,9+/m1.1/s1. The van der Waals surface area contributed by atoms with Crippen LogP contribution in [0.3, 0.4) is 0 Å². The molecule has 2 aromatic carbocycles. The van der Waals surface area contributed by atoms with Crippen LogP contribution in [0, 0.1) is 0 Å². The van der Waals surface area contributed by atoms with Crippen molar-refractivity contribution in [2.75, 3.05) is 14.1 Å². The van der Waals surface area contributed by atoms with Crippen molar-refractivity contribution in [2.24, 2.45) is 0 Å². The fraction of sp³-hybridized carbons (Fsp3) is 0.583. The second-order valence-electron chi connectivity index (χ2n) is 19.3. The van der Waals surface area contributed by atoms with E-state index in [2.05, 4.69) is 10.3 Å². The zero-order valence-electron chi connectivity index (χ0n) is 38.4. The molecule has 2 amide bonds. The second kappa shape index (κ2) is 21.8. The van der Waals surface area contributed by atoms with Gasteiger partial charge in [-0.25, -0.2) is 9.59 Å². The van der Waals surface area contributed by atoms with Gasteiger partial charge < -0.3 is 38.2 Å². The van der Waals surface area contributed by atoms with Crippen molar-refractivity contribution in [1.82, 2.24) is 20.1 Å². The molecule has 17 heteroatoms. The van der Waals surface area contributed by atoms with Gasteiger partial charge >= 0.3 is 12.2 Å². The minimum Gasteiger partial charge on any atom is -0.444 e. The highest BCUT2D eigenvalue weighted by molar-refractivity contribution is 6.39. The van der Waals surface area contributed by atoms with Gasteiger partial charge in [0.05, 0.1) is 44.8 Å². The van der Waals surface area contributed by atoms with Gasteiger partial charge in [-0.15, -0.1) is 11.6 Å². The molecule has 4 aromatic rings. The molecule has 65 heavy (non-hydrogen) atoms. The average molecular weight is 999 g/mol. The molecule has 12 nitrogen and oxygen atoms in total. The Morgan fingerprint density at radius 2 is 1.08 bits per heavy atom. The lowest BCUT2D eigenvalue weighted by molar-refractivity contribution is 0.0165. The Morgan fingerprint density at radius 1 is 0.662 bits per heavy atom. The third kappa shape index (κ3) is 13.7. The van der Waals surface area contributed by atoms with E-state index in [1.807, 2.05) is 47.6 Å². The Morgan fingerprint density at radius 3 is 1.48 bits per heavy atom. The van der Waals surface area contributed by atoms with Gasteiger partial charge in [0.15, 0.2) is 0 Å². The summed E-state index contributed by atoms with van der Waals surface area (Å²) in [4.78, 5) is 27.4. The minimum atomic E-state index is -0.510. The van der Waals surface area contributed by atoms with Gasteiger partial charge in [0.2, 0.25) is 0 Å². The number of carbonyl (C=O) groups excluding carboxylic acids is 2. The van der Waals surface area contributed by atoms with E-state index in [9.17, 15) is 14.7 Å². The number of ether oxygens (including phenoxy) is 3. The number of aromatic nitrogens is 2. The molecular formula is C48H61Cl5N4O8. The van der Waals surface area contributed by atoms with Gasteiger partial charge in [0, 0.05) is 60.3 Å². The van der Waals surface area contributed by atoms with Gasteiger partial charge in [-0.3, -0.25) is 0 Å². The van der Waals surface area contributed by atoms with Crippen molar-refractivity contribution in [3.63, 3.8) is 0 Å². The highest BCUT2D eigenvalue weighted by Gasteiger charge is 2.37. The molecule has 4 fully saturated rings. The summed E-state index contributed by atoms with van der Waals surface area (Å²) in [7, 11) is 3.53. The molecule has 0 unspecified atom stereocenters. The molecular weight excluding hydrogens is 938 g/mol. The van der Waals surface area contributed by atoms with Crippen molar-refractivity contribution < 1.29 is 38.0 Å². The van der Waals surface area contributed by atoms with Crippen molar-refractivity contribution >= 4 is 70.2 Å². The van der Waals surface area contributed by atoms with Gasteiger partial charge in [0.25, 0.3) is 0 Å². The topological polar surface area (TPSA) is 141 Å². The number of benzene rings is 2. The summed E-state index contributed by atoms with van der Waals surface area (Å²) in [6.07, 6.45) is 8.44. The van der Waals surface area contributed by atoms with Gasteiger partial charge in [-0.1, -0.05) is 68.8 Å². The maximum atomic E-state index is 12.4. The molecule has 4 atom stereocenters. The Labute approximate surface area is 407 Å². The number of aliphatic hydroxyl groups excluding tert-OH is 1. The quantitative estimate of drug-likeness (QED) is 0.153. The zero-order chi connectivity index (χ0) is 47.4. The average Bonchev–Trinajstić information content (AvgIpc) is 4.05. The normalized spacial score (nSPS) is 20.6. The fourth-order valence-electron chi connectivity index (χ4n) is 7.96. The summed E-state index contributed by atoms with van der Waals surface area (Å²) < 4.78 is 28.2. The fourth-order valence-corrected chi connectivity index (χ4v) is 9.37. The van der Waals surface area contributed by atoms with Gasteiger partial charge in [0.1, 0.15) is 34.1 Å². The molecule has 4 aliphatic carbocycles. The monoisotopic (exact) mass is 996 g/mol. The van der Waals surface area contributed by atoms with Gasteiger partial charge in [-0.2, -0.15) is 0 Å². The summed E-state index contributed by atoms with van der Waals surface area (Å²) in [6, 6.07) is 11.0. The van der Waals surface area contributed by atoms with Crippen LogP contribution >= 0.6 is 58.0 Å². The van der Waals surface area contributed by atoms with Crippen LogP contribution in [-0.4, -0.2) is 87.0 Å². The van der Waals surface area contributed by atoms with Crippen molar-refractivity contribution in [3.05, 3.63) is 79.1 Å². The Balaban J connectivity index is 0.000000179. The lowest BCUT2D eigenvalue weighted by atomic mass is 10.0. The molecule has 2 heterocycles. The summed E-state index contributed by atoms with van der Waals surface area (Å²) in [5, 5.41) is 20.0. The van der Waals surface area contributed by atoms with E-state index < -0.39 is 11.2 Å². The molecule has 4 saturated carbocycles. The summed E-state index contributed by atoms with van der Waals surface area (Å²) >= 11 is 31.3. The Kier molecular flexibility index (Phi) is 17.2. The number of aliphatic hydroxyl groups is 1. The van der Waals surface area contributed by atoms with Crippen LogP contribution in [0.25, 0.3) is 22.5 Å². The molecule has 2 aromatic heterocycles. The maximum Gasteiger partial charge on any atom is 0.410 e. The van der Waals surface area contributed by atoms with E-state index in [-0.39, 0.29) is 36.5 Å². The molecule has 0 bridgehead atoms. The number of hydrogen-bond donors (Lipinski definition) is 1. The largest absolute Gasteiger partial charge is 0.444 e. The van der Waals surface area contributed by atoms with Crippen LogP contribution in [0.2, 0.25) is 20.1 Å². The summed E-state index contributed by atoms with van der Waals surface area (Å²) in [6.45, 7) is 11.5. The van der Waals surface area contributed by atoms with Crippen LogP contribution in [0.1, 0.15) is 140 Å². The SMILES string of the molecule is CN(C(=O)OC(C)(C)C)[C@@H]1CC[C@H](O)C1.CN(C(=O)OC(C)(C)C)[C@@H]1CC[C@H](OCc2c(-c3c(Cl)cccc3Cl)noc2C2CC2)C1.ClCc1c(-c2c(Cl)cccc2Cl)noc1C1CC1. The zero-order valence-corrected chi connectivity index (χ0v) is 42.2. The first kappa shape index (κ1) is 51.2. The lowest BCUT2D eigenvalue weighted by Gasteiger charge is -2.28. The number of rotatable bonds is 10. The number of carbonyl (C=O) groups is 2. The number of alkyl halides is 1. The van der Waals surface area contributed by atoms with Crippen LogP contribution in [-0.2, 0) is 26.7 Å². The first-order valence-corrected chi connectivity index (χ1v) is 24.3. The summed E-state index contributed by atoms with van der Waals surface area (Å²) in [5.74, 6) is 2.95. The van der Waals surface area contributed by atoms with Crippen LogP contribution in [0.5, 0.6) is 0 Å². The van der Waals surface area contributed by atoms with E-state index in [4.69, 9.17) is 81.3 Å². The van der Waals surface area contributed by atoms with Crippen molar-refractivity contribution in [1.29, 1.82) is 0 Å². The molecule has 8 rings (SSSR count). The molecule has 4 aliphatic rings. The predicted octanol–water partition coefficient (Wildman–Crippen LogP) is 13.9. The first-order valence-electron chi connectivity index (χ1n) is 22.3. The Hall–Kier alpha value is -3.23. The van der Waals surface area contributed by atoms with Crippen LogP contribution in [0.15, 0.2) is 45.4 Å². The molecule has 356 valence electrons. The number of hydrogen-bond acceptors (Lipinski definition) is 10. The lowest BCUT2D eigenvalue weighted by Crippen LogP contribution is -2.39. The van der Waals surface area contributed by atoms with E-state index in [0.717, 1.165) is 80.4 Å². The highest BCUT2D eigenvalue weighted by atomic mass is 35.5. The predicted molar refractivity (Wildman–Crippen MR) is 255 cm³/mol. The minimum absolute atomic E-state index is 0.0430.